The molecule has 0 aromatic heterocycles. The van der Waals surface area contributed by atoms with E-state index < -0.39 is 0 Å². The van der Waals surface area contributed by atoms with E-state index >= 15 is 0 Å². The van der Waals surface area contributed by atoms with Gasteiger partial charge < -0.3 is 0 Å². The Morgan fingerprint density at radius 3 is 2.60 bits per heavy atom. The van der Waals surface area contributed by atoms with Crippen molar-refractivity contribution in [2.75, 3.05) is 12.0 Å². The van der Waals surface area contributed by atoms with Crippen LogP contribution in [0.25, 0.3) is 0 Å². The number of hydrogen-bond donors (Lipinski definition) is 0. The predicted molar refractivity (Wildman–Crippen MR) is 68.8 cm³/mol. The van der Waals surface area contributed by atoms with E-state index in [1.807, 2.05) is 6.26 Å². The Morgan fingerprint density at radius 2 is 2.00 bits per heavy atom. The Hall–Kier alpha value is 0.110. The highest BCUT2D eigenvalue weighted by Crippen LogP contribution is 2.30. The fourth-order valence-electron chi connectivity index (χ4n) is 1.09. The maximum Gasteiger partial charge on any atom is 0.165 e. The van der Waals surface area contributed by atoms with E-state index in [-0.39, 0.29) is 10.8 Å². The SMILES string of the molecule is CSCCC(=O)c1cc(Cl)cc(Cl)c1Cl. The Kier molecular flexibility index (Phi) is 5.27. The summed E-state index contributed by atoms with van der Waals surface area (Å²) in [7, 11) is 0. The predicted octanol–water partition coefficient (Wildman–Crippen LogP) is 4.58. The van der Waals surface area contributed by atoms with E-state index in [1.54, 1.807) is 17.8 Å². The van der Waals surface area contributed by atoms with Gasteiger partial charge in [0.25, 0.3) is 0 Å². The molecule has 15 heavy (non-hydrogen) atoms. The molecule has 0 heterocycles. The molecule has 82 valence electrons. The van der Waals surface area contributed by atoms with Crippen LogP contribution in [0.1, 0.15) is 16.8 Å². The summed E-state index contributed by atoms with van der Waals surface area (Å²) in [4.78, 5) is 11.7. The molecule has 0 amide bonds. The van der Waals surface area contributed by atoms with Crippen LogP contribution in [0.5, 0.6) is 0 Å². The van der Waals surface area contributed by atoms with Gasteiger partial charge in [0.15, 0.2) is 5.78 Å². The number of benzene rings is 1. The molecule has 0 saturated heterocycles. The Morgan fingerprint density at radius 1 is 1.33 bits per heavy atom. The van der Waals surface area contributed by atoms with Crippen molar-refractivity contribution >= 4 is 52.3 Å². The van der Waals surface area contributed by atoms with Gasteiger partial charge in [0.05, 0.1) is 10.0 Å². The Labute approximate surface area is 108 Å². The third-order valence-corrected chi connectivity index (χ3v) is 3.46. The van der Waals surface area contributed by atoms with Crippen LogP contribution in [-0.4, -0.2) is 17.8 Å². The van der Waals surface area contributed by atoms with E-state index in [2.05, 4.69) is 0 Å². The zero-order valence-electron chi connectivity index (χ0n) is 8.02. The van der Waals surface area contributed by atoms with Crippen molar-refractivity contribution in [2.45, 2.75) is 6.42 Å². The molecule has 1 nitrogen and oxygen atoms in total. The van der Waals surface area contributed by atoms with Crippen LogP contribution in [-0.2, 0) is 0 Å². The van der Waals surface area contributed by atoms with Crippen LogP contribution in [0.2, 0.25) is 15.1 Å². The maximum atomic E-state index is 11.7. The third kappa shape index (κ3) is 3.56. The number of halogens is 3. The summed E-state index contributed by atoms with van der Waals surface area (Å²) < 4.78 is 0. The zero-order valence-corrected chi connectivity index (χ0v) is 11.1. The van der Waals surface area contributed by atoms with Crippen LogP contribution >= 0.6 is 46.6 Å². The molecule has 0 atom stereocenters. The number of carbonyl (C=O) groups is 1. The van der Waals surface area contributed by atoms with Crippen molar-refractivity contribution < 1.29 is 4.79 Å². The van der Waals surface area contributed by atoms with Gasteiger partial charge in [-0.15, -0.1) is 0 Å². The van der Waals surface area contributed by atoms with Crippen molar-refractivity contribution in [1.29, 1.82) is 0 Å². The van der Waals surface area contributed by atoms with Crippen LogP contribution in [0.4, 0.5) is 0 Å². The average molecular weight is 284 g/mol. The Balaban J connectivity index is 2.98. The molecule has 1 rings (SSSR count). The van der Waals surface area contributed by atoms with E-state index in [0.29, 0.717) is 22.0 Å². The normalized spacial score (nSPS) is 10.4. The monoisotopic (exact) mass is 282 g/mol. The molecule has 0 aliphatic carbocycles. The van der Waals surface area contributed by atoms with Crippen molar-refractivity contribution in [3.8, 4) is 0 Å². The Bertz CT molecular complexity index is 379. The molecule has 0 saturated carbocycles. The zero-order chi connectivity index (χ0) is 11.4. The number of carbonyl (C=O) groups excluding carboxylic acids is 1. The maximum absolute atomic E-state index is 11.7. The van der Waals surface area contributed by atoms with Crippen LogP contribution < -0.4 is 0 Å². The van der Waals surface area contributed by atoms with E-state index in [4.69, 9.17) is 34.8 Å². The highest BCUT2D eigenvalue weighted by atomic mass is 35.5. The first-order valence-electron chi connectivity index (χ1n) is 4.23. The standard InChI is InChI=1S/C10H9Cl3OS/c1-15-3-2-9(14)7-4-6(11)5-8(12)10(7)13/h4-5H,2-3H2,1H3. The molecule has 0 bridgehead atoms. The van der Waals surface area contributed by atoms with E-state index in [9.17, 15) is 4.79 Å². The van der Waals surface area contributed by atoms with E-state index in [1.165, 1.54) is 6.07 Å². The van der Waals surface area contributed by atoms with Gasteiger partial charge in [-0.05, 0) is 18.4 Å². The van der Waals surface area contributed by atoms with Gasteiger partial charge in [-0.25, -0.2) is 0 Å². The summed E-state index contributed by atoms with van der Waals surface area (Å²) in [5.74, 6) is 0.734. The minimum atomic E-state index is -0.0289. The lowest BCUT2D eigenvalue weighted by Gasteiger charge is -2.05. The molecule has 1 aromatic rings. The molecule has 0 unspecified atom stereocenters. The molecular formula is C10H9Cl3OS. The van der Waals surface area contributed by atoms with Gasteiger partial charge in [-0.3, -0.25) is 4.79 Å². The molecule has 5 heteroatoms. The molecule has 0 aliphatic heterocycles. The summed E-state index contributed by atoms with van der Waals surface area (Å²) in [6, 6.07) is 3.08. The lowest BCUT2D eigenvalue weighted by molar-refractivity contribution is 0.0989. The van der Waals surface area contributed by atoms with Crippen LogP contribution in [0.15, 0.2) is 12.1 Å². The van der Waals surface area contributed by atoms with E-state index in [0.717, 1.165) is 5.75 Å². The van der Waals surface area contributed by atoms with Gasteiger partial charge >= 0.3 is 0 Å². The molecule has 0 aliphatic rings. The first-order chi connectivity index (χ1) is 7.06. The van der Waals surface area contributed by atoms with Gasteiger partial charge in [-0.2, -0.15) is 11.8 Å². The highest BCUT2D eigenvalue weighted by molar-refractivity contribution is 7.98. The smallest absolute Gasteiger partial charge is 0.165 e. The fraction of sp³-hybridized carbons (Fsp3) is 0.300. The number of rotatable bonds is 4. The highest BCUT2D eigenvalue weighted by Gasteiger charge is 2.13. The lowest BCUT2D eigenvalue weighted by atomic mass is 10.1. The van der Waals surface area contributed by atoms with Crippen molar-refractivity contribution in [3.05, 3.63) is 32.8 Å². The largest absolute Gasteiger partial charge is 0.294 e. The van der Waals surface area contributed by atoms with Crippen molar-refractivity contribution in [3.63, 3.8) is 0 Å². The average Bonchev–Trinajstić information content (AvgIpc) is 2.19. The first-order valence-corrected chi connectivity index (χ1v) is 6.75. The van der Waals surface area contributed by atoms with Gasteiger partial charge in [0.1, 0.15) is 0 Å². The topological polar surface area (TPSA) is 17.1 Å². The van der Waals surface area contributed by atoms with Crippen molar-refractivity contribution in [1.82, 2.24) is 0 Å². The number of ketones is 1. The van der Waals surface area contributed by atoms with Crippen LogP contribution in [0.3, 0.4) is 0 Å². The number of Topliss-reactive ketones (excluding diaryl/α,β-unsaturated/α-hetero) is 1. The number of thioether (sulfide) groups is 1. The molecule has 0 fully saturated rings. The van der Waals surface area contributed by atoms with Crippen molar-refractivity contribution in [2.24, 2.45) is 0 Å². The second-order valence-corrected chi connectivity index (χ2v) is 5.12. The molecule has 1 aromatic carbocycles. The molecular weight excluding hydrogens is 275 g/mol. The first kappa shape index (κ1) is 13.2. The third-order valence-electron chi connectivity index (χ3n) is 1.83. The summed E-state index contributed by atoms with van der Waals surface area (Å²) in [6.45, 7) is 0. The minimum absolute atomic E-state index is 0.0289. The summed E-state index contributed by atoms with van der Waals surface area (Å²) in [5.41, 5.74) is 0.406. The molecule has 0 radical (unpaired) electrons. The molecule has 0 N–H and O–H groups in total. The quantitative estimate of drug-likeness (QED) is 0.594. The summed E-state index contributed by atoms with van der Waals surface area (Å²) >= 11 is 19.2. The summed E-state index contributed by atoms with van der Waals surface area (Å²) in [6.07, 6.45) is 2.39. The van der Waals surface area contributed by atoms with Gasteiger partial charge in [0.2, 0.25) is 0 Å². The fourth-order valence-corrected chi connectivity index (χ4v) is 2.19. The van der Waals surface area contributed by atoms with Crippen LogP contribution in [0, 0.1) is 0 Å². The van der Waals surface area contributed by atoms with Gasteiger partial charge in [0, 0.05) is 22.8 Å². The minimum Gasteiger partial charge on any atom is -0.294 e. The summed E-state index contributed by atoms with van der Waals surface area (Å²) in [5, 5.41) is 1.03. The lowest BCUT2D eigenvalue weighted by Crippen LogP contribution is -2.01. The van der Waals surface area contributed by atoms with Gasteiger partial charge in [-0.1, -0.05) is 34.8 Å². The second-order valence-electron chi connectivity index (χ2n) is 2.92. The molecule has 0 spiro atoms. The second kappa shape index (κ2) is 6.00. The number of hydrogen-bond acceptors (Lipinski definition) is 2.